The zero-order valence-electron chi connectivity index (χ0n) is 10.5. The molecule has 0 spiro atoms. The Balaban J connectivity index is 2.23. The number of ketones is 1. The number of nitrogens with zero attached hydrogens (tertiary/aromatic N) is 2. The third-order valence-corrected chi connectivity index (χ3v) is 2.77. The number of carbonyl (C=O) groups excluding carboxylic acids is 1. The zero-order chi connectivity index (χ0) is 12.8. The highest BCUT2D eigenvalue weighted by Crippen LogP contribution is 2.16. The lowest BCUT2D eigenvalue weighted by molar-refractivity contribution is 0.0979. The molecular formula is C15H16N2O. The summed E-state index contributed by atoms with van der Waals surface area (Å²) in [6, 6.07) is 9.25. The molecular weight excluding hydrogens is 224 g/mol. The average Bonchev–Trinajstić information content (AvgIpc) is 2.46. The lowest BCUT2D eigenvalue weighted by Crippen LogP contribution is -2.00. The highest BCUT2D eigenvalue weighted by Gasteiger charge is 2.07. The molecule has 2 aromatic heterocycles. The summed E-state index contributed by atoms with van der Waals surface area (Å²) in [6.07, 6.45) is 5.96. The van der Waals surface area contributed by atoms with Crippen molar-refractivity contribution in [2.45, 2.75) is 26.2 Å². The van der Waals surface area contributed by atoms with Gasteiger partial charge in [0.25, 0.3) is 0 Å². The molecule has 0 aliphatic heterocycles. The van der Waals surface area contributed by atoms with Crippen molar-refractivity contribution in [3.63, 3.8) is 0 Å². The van der Waals surface area contributed by atoms with Crippen LogP contribution in [0, 0.1) is 0 Å². The van der Waals surface area contributed by atoms with Gasteiger partial charge in [-0.25, -0.2) is 0 Å². The Morgan fingerprint density at radius 1 is 1.11 bits per heavy atom. The number of aromatic nitrogens is 2. The summed E-state index contributed by atoms with van der Waals surface area (Å²) >= 11 is 0. The number of hydrogen-bond donors (Lipinski definition) is 0. The van der Waals surface area contributed by atoms with Crippen molar-refractivity contribution in [2.24, 2.45) is 0 Å². The van der Waals surface area contributed by atoms with E-state index < -0.39 is 0 Å². The maximum atomic E-state index is 11.9. The smallest absolute Gasteiger partial charge is 0.163 e. The van der Waals surface area contributed by atoms with Crippen LogP contribution in [0.4, 0.5) is 0 Å². The number of pyridine rings is 2. The molecule has 2 aromatic rings. The molecule has 3 nitrogen and oxygen atoms in total. The second-order valence-electron chi connectivity index (χ2n) is 4.17. The van der Waals surface area contributed by atoms with E-state index in [2.05, 4.69) is 16.9 Å². The van der Waals surface area contributed by atoms with Gasteiger partial charge in [0, 0.05) is 24.4 Å². The largest absolute Gasteiger partial charge is 0.294 e. The van der Waals surface area contributed by atoms with Crippen LogP contribution in [0.5, 0.6) is 0 Å². The van der Waals surface area contributed by atoms with E-state index in [9.17, 15) is 4.79 Å². The molecule has 18 heavy (non-hydrogen) atoms. The van der Waals surface area contributed by atoms with Gasteiger partial charge in [0.05, 0.1) is 11.4 Å². The summed E-state index contributed by atoms with van der Waals surface area (Å²) in [5.41, 5.74) is 2.26. The summed E-state index contributed by atoms with van der Waals surface area (Å²) in [7, 11) is 0. The minimum Gasteiger partial charge on any atom is -0.294 e. The zero-order valence-corrected chi connectivity index (χ0v) is 10.5. The molecule has 3 heteroatoms. The predicted octanol–water partition coefficient (Wildman–Crippen LogP) is 3.52. The molecule has 2 heterocycles. The first-order valence-corrected chi connectivity index (χ1v) is 6.22. The van der Waals surface area contributed by atoms with Crippen molar-refractivity contribution in [3.05, 3.63) is 48.3 Å². The van der Waals surface area contributed by atoms with Crippen LogP contribution in [0.25, 0.3) is 11.4 Å². The standard InChI is InChI=1S/C15H16N2O/c1-2-3-7-15(18)12-8-10-17-14(11-12)13-6-4-5-9-16-13/h4-6,8-11H,2-3,7H2,1H3. The van der Waals surface area contributed by atoms with E-state index in [0.29, 0.717) is 6.42 Å². The number of unbranched alkanes of at least 4 members (excludes halogenated alkanes) is 1. The van der Waals surface area contributed by atoms with E-state index in [-0.39, 0.29) is 5.78 Å². The molecule has 0 fully saturated rings. The van der Waals surface area contributed by atoms with Gasteiger partial charge in [-0.1, -0.05) is 19.4 Å². The predicted molar refractivity (Wildman–Crippen MR) is 71.3 cm³/mol. The van der Waals surface area contributed by atoms with Crippen LogP contribution in [0.1, 0.15) is 36.5 Å². The molecule has 0 bridgehead atoms. The molecule has 2 rings (SSSR count). The van der Waals surface area contributed by atoms with Crippen molar-refractivity contribution in [1.29, 1.82) is 0 Å². The van der Waals surface area contributed by atoms with Crippen LogP contribution >= 0.6 is 0 Å². The lowest BCUT2D eigenvalue weighted by Gasteiger charge is -2.03. The summed E-state index contributed by atoms with van der Waals surface area (Å²) < 4.78 is 0. The highest BCUT2D eigenvalue weighted by atomic mass is 16.1. The fourth-order valence-electron chi connectivity index (χ4n) is 1.74. The normalized spacial score (nSPS) is 10.3. The van der Waals surface area contributed by atoms with Gasteiger partial charge in [0.15, 0.2) is 5.78 Å². The number of Topliss-reactive ketones (excluding diaryl/α,β-unsaturated/α-hetero) is 1. The van der Waals surface area contributed by atoms with E-state index in [0.717, 1.165) is 29.8 Å². The van der Waals surface area contributed by atoms with Gasteiger partial charge in [0.1, 0.15) is 0 Å². The Hall–Kier alpha value is -2.03. The van der Waals surface area contributed by atoms with Gasteiger partial charge in [-0.2, -0.15) is 0 Å². The molecule has 0 aliphatic rings. The Kier molecular flexibility index (Phi) is 4.18. The average molecular weight is 240 g/mol. The third-order valence-electron chi connectivity index (χ3n) is 2.77. The van der Waals surface area contributed by atoms with Crippen LogP contribution < -0.4 is 0 Å². The lowest BCUT2D eigenvalue weighted by atomic mass is 10.1. The van der Waals surface area contributed by atoms with E-state index in [1.54, 1.807) is 18.5 Å². The van der Waals surface area contributed by atoms with Crippen molar-refractivity contribution in [1.82, 2.24) is 9.97 Å². The minimum atomic E-state index is 0.177. The van der Waals surface area contributed by atoms with Gasteiger partial charge < -0.3 is 0 Å². The molecule has 0 atom stereocenters. The van der Waals surface area contributed by atoms with Gasteiger partial charge in [0.2, 0.25) is 0 Å². The molecule has 0 N–H and O–H groups in total. The van der Waals surface area contributed by atoms with Gasteiger partial charge >= 0.3 is 0 Å². The van der Waals surface area contributed by atoms with Crippen LogP contribution in [-0.4, -0.2) is 15.8 Å². The summed E-state index contributed by atoms with van der Waals surface area (Å²) in [6.45, 7) is 2.08. The van der Waals surface area contributed by atoms with Gasteiger partial charge in [-0.3, -0.25) is 14.8 Å². The van der Waals surface area contributed by atoms with Crippen molar-refractivity contribution in [3.8, 4) is 11.4 Å². The Labute approximate surface area is 107 Å². The quantitative estimate of drug-likeness (QED) is 0.751. The first kappa shape index (κ1) is 12.4. The summed E-state index contributed by atoms with van der Waals surface area (Å²) in [5, 5.41) is 0. The minimum absolute atomic E-state index is 0.177. The van der Waals surface area contributed by atoms with Gasteiger partial charge in [-0.05, 0) is 30.7 Å². The molecule has 0 aromatic carbocycles. The Morgan fingerprint density at radius 3 is 2.67 bits per heavy atom. The van der Waals surface area contributed by atoms with Crippen LogP contribution in [0.2, 0.25) is 0 Å². The van der Waals surface area contributed by atoms with Crippen molar-refractivity contribution in [2.75, 3.05) is 0 Å². The molecule has 0 saturated heterocycles. The first-order valence-electron chi connectivity index (χ1n) is 6.22. The third kappa shape index (κ3) is 3.00. The number of hydrogen-bond acceptors (Lipinski definition) is 3. The number of rotatable bonds is 5. The highest BCUT2D eigenvalue weighted by molar-refractivity contribution is 5.96. The molecule has 92 valence electrons. The van der Waals surface area contributed by atoms with E-state index >= 15 is 0 Å². The Morgan fingerprint density at radius 2 is 1.94 bits per heavy atom. The second-order valence-corrected chi connectivity index (χ2v) is 4.17. The molecule has 0 saturated carbocycles. The van der Waals surface area contributed by atoms with Gasteiger partial charge in [-0.15, -0.1) is 0 Å². The van der Waals surface area contributed by atoms with Crippen molar-refractivity contribution < 1.29 is 4.79 Å². The summed E-state index contributed by atoms with van der Waals surface area (Å²) in [5.74, 6) is 0.177. The maximum Gasteiger partial charge on any atom is 0.163 e. The van der Waals surface area contributed by atoms with Crippen molar-refractivity contribution >= 4 is 5.78 Å². The van der Waals surface area contributed by atoms with E-state index in [1.807, 2.05) is 24.3 Å². The number of carbonyl (C=O) groups is 1. The molecule has 0 aliphatic carbocycles. The fourth-order valence-corrected chi connectivity index (χ4v) is 1.74. The van der Waals surface area contributed by atoms with E-state index in [1.165, 1.54) is 0 Å². The van der Waals surface area contributed by atoms with Crippen LogP contribution in [0.3, 0.4) is 0 Å². The van der Waals surface area contributed by atoms with Crippen LogP contribution in [-0.2, 0) is 0 Å². The van der Waals surface area contributed by atoms with Crippen LogP contribution in [0.15, 0.2) is 42.7 Å². The SMILES string of the molecule is CCCCC(=O)c1ccnc(-c2ccccn2)c1. The molecule has 0 radical (unpaired) electrons. The molecule has 0 unspecified atom stereocenters. The second kappa shape index (κ2) is 6.05. The monoisotopic (exact) mass is 240 g/mol. The first-order chi connectivity index (χ1) is 8.81. The van der Waals surface area contributed by atoms with E-state index in [4.69, 9.17) is 0 Å². The maximum absolute atomic E-state index is 11.9. The Bertz CT molecular complexity index is 523. The summed E-state index contributed by atoms with van der Waals surface area (Å²) in [4.78, 5) is 20.4. The topological polar surface area (TPSA) is 42.9 Å². The molecule has 0 amide bonds. The fraction of sp³-hybridized carbons (Fsp3) is 0.267.